The summed E-state index contributed by atoms with van der Waals surface area (Å²) in [4.78, 5) is 2.54. The molecule has 0 aromatic heterocycles. The summed E-state index contributed by atoms with van der Waals surface area (Å²) in [6, 6.07) is 0. The van der Waals surface area contributed by atoms with Crippen LogP contribution in [0.5, 0.6) is 0 Å². The predicted molar refractivity (Wildman–Crippen MR) is 58.7 cm³/mol. The zero-order chi connectivity index (χ0) is 8.86. The SMILES string of the molecule is CN1CC([SiH3])C(C)([SiH3])C1(C)C. The molecule has 0 aromatic rings. The van der Waals surface area contributed by atoms with Crippen molar-refractivity contribution in [3.63, 3.8) is 0 Å². The summed E-state index contributed by atoms with van der Waals surface area (Å²) in [6.07, 6.45) is 0. The van der Waals surface area contributed by atoms with E-state index in [0.717, 1.165) is 5.54 Å². The van der Waals surface area contributed by atoms with E-state index in [-0.39, 0.29) is 0 Å². The molecule has 2 atom stereocenters. The molecule has 0 saturated carbocycles. The summed E-state index contributed by atoms with van der Waals surface area (Å²) in [5, 5.41) is 0.647. The molecule has 0 radical (unpaired) electrons. The van der Waals surface area contributed by atoms with E-state index in [9.17, 15) is 0 Å². The van der Waals surface area contributed by atoms with Gasteiger partial charge in [0.05, 0.1) is 0 Å². The van der Waals surface area contributed by atoms with Gasteiger partial charge in [0.15, 0.2) is 0 Å². The van der Waals surface area contributed by atoms with Gasteiger partial charge in [0.25, 0.3) is 0 Å². The Hall–Kier alpha value is 0.394. The molecule has 1 nitrogen and oxygen atoms in total. The maximum Gasteiger partial charge on any atom is 0.0171 e. The van der Waals surface area contributed by atoms with E-state index in [1.165, 1.54) is 27.0 Å². The van der Waals surface area contributed by atoms with Gasteiger partial charge >= 0.3 is 0 Å². The minimum Gasteiger partial charge on any atom is -0.301 e. The van der Waals surface area contributed by atoms with Crippen LogP contribution in [0.15, 0.2) is 0 Å². The quantitative estimate of drug-likeness (QED) is 0.458. The molecule has 0 amide bonds. The van der Waals surface area contributed by atoms with E-state index in [1.54, 1.807) is 0 Å². The van der Waals surface area contributed by atoms with Crippen molar-refractivity contribution in [2.75, 3.05) is 13.6 Å². The van der Waals surface area contributed by atoms with Crippen LogP contribution < -0.4 is 0 Å². The van der Waals surface area contributed by atoms with Crippen molar-refractivity contribution in [3.8, 4) is 0 Å². The van der Waals surface area contributed by atoms with Gasteiger partial charge in [-0.3, -0.25) is 0 Å². The summed E-state index contributed by atoms with van der Waals surface area (Å²) in [6.45, 7) is 8.61. The first-order valence-electron chi connectivity index (χ1n) is 4.51. The Bertz CT molecular complexity index is 147. The highest BCUT2D eigenvalue weighted by atomic mass is 28.2. The van der Waals surface area contributed by atoms with E-state index in [1.807, 2.05) is 0 Å². The van der Waals surface area contributed by atoms with Crippen LogP contribution in [0.4, 0.5) is 0 Å². The third kappa shape index (κ3) is 1.14. The second-order valence-electron chi connectivity index (χ2n) is 5.06. The fraction of sp³-hybridized carbons (Fsp3) is 1.00. The van der Waals surface area contributed by atoms with Gasteiger partial charge in [0.2, 0.25) is 0 Å². The lowest BCUT2D eigenvalue weighted by atomic mass is 9.88. The standard InChI is InChI=1S/C8H21NSi2/c1-7(2)8(3,11)6(10)5-9(7)4/h6H,5H2,1-4,10-11H3. The normalized spacial score (nSPS) is 45.3. The fourth-order valence-corrected chi connectivity index (χ4v) is 3.78. The molecule has 0 N–H and O–H groups in total. The maximum absolute atomic E-state index is 2.54. The van der Waals surface area contributed by atoms with Gasteiger partial charge in [0.1, 0.15) is 0 Å². The van der Waals surface area contributed by atoms with Crippen LogP contribution in [0.2, 0.25) is 10.6 Å². The van der Waals surface area contributed by atoms with E-state index in [2.05, 4.69) is 32.7 Å². The summed E-state index contributed by atoms with van der Waals surface area (Å²) in [7, 11) is 4.97. The van der Waals surface area contributed by atoms with E-state index < -0.39 is 0 Å². The van der Waals surface area contributed by atoms with Gasteiger partial charge in [-0.2, -0.15) is 0 Å². The van der Waals surface area contributed by atoms with Gasteiger partial charge in [-0.1, -0.05) is 6.92 Å². The molecule has 66 valence electrons. The number of hydrogen-bond donors (Lipinski definition) is 0. The highest BCUT2D eigenvalue weighted by molar-refractivity contribution is 6.25. The first kappa shape index (κ1) is 9.48. The lowest BCUT2D eigenvalue weighted by molar-refractivity contribution is 0.189. The van der Waals surface area contributed by atoms with Crippen molar-refractivity contribution in [2.45, 2.75) is 36.9 Å². The van der Waals surface area contributed by atoms with E-state index in [0.29, 0.717) is 10.6 Å². The molecule has 0 spiro atoms. The average Bonchev–Trinajstić information content (AvgIpc) is 1.95. The summed E-state index contributed by atoms with van der Waals surface area (Å²) < 4.78 is 0. The molecule has 1 saturated heterocycles. The number of rotatable bonds is 0. The van der Waals surface area contributed by atoms with Gasteiger partial charge in [-0.05, 0) is 38.0 Å². The Kier molecular flexibility index (Phi) is 2.10. The first-order valence-corrected chi connectivity index (χ1v) is 6.67. The minimum absolute atomic E-state index is 0.450. The van der Waals surface area contributed by atoms with Crippen LogP contribution in [0, 0.1) is 0 Å². The second kappa shape index (κ2) is 2.44. The summed E-state index contributed by atoms with van der Waals surface area (Å²) in [5.41, 5.74) is 1.46. The van der Waals surface area contributed by atoms with Crippen LogP contribution in [0.25, 0.3) is 0 Å². The molecule has 1 heterocycles. The Morgan fingerprint density at radius 1 is 1.36 bits per heavy atom. The van der Waals surface area contributed by atoms with Crippen LogP contribution in [-0.2, 0) is 0 Å². The van der Waals surface area contributed by atoms with E-state index in [4.69, 9.17) is 0 Å². The fourth-order valence-electron chi connectivity index (χ4n) is 1.96. The third-order valence-electron chi connectivity index (χ3n) is 4.31. The van der Waals surface area contributed by atoms with Crippen molar-refractivity contribution >= 4 is 20.5 Å². The molecule has 11 heavy (non-hydrogen) atoms. The smallest absolute Gasteiger partial charge is 0.0171 e. The molecule has 0 aliphatic carbocycles. The molecule has 1 fully saturated rings. The van der Waals surface area contributed by atoms with Crippen molar-refractivity contribution in [1.29, 1.82) is 0 Å². The molecule has 2 unspecified atom stereocenters. The minimum atomic E-state index is 0.450. The van der Waals surface area contributed by atoms with Crippen molar-refractivity contribution < 1.29 is 0 Å². The summed E-state index contributed by atoms with van der Waals surface area (Å²) in [5.74, 6) is 0. The van der Waals surface area contributed by atoms with Gasteiger partial charge in [0, 0.05) is 26.0 Å². The van der Waals surface area contributed by atoms with Crippen LogP contribution in [0.3, 0.4) is 0 Å². The number of likely N-dealkylation sites (tertiary alicyclic amines) is 1. The largest absolute Gasteiger partial charge is 0.301 e. The van der Waals surface area contributed by atoms with Crippen molar-refractivity contribution in [1.82, 2.24) is 4.90 Å². The molecular weight excluding hydrogens is 166 g/mol. The zero-order valence-corrected chi connectivity index (χ0v) is 12.7. The molecule has 0 bridgehead atoms. The predicted octanol–water partition coefficient (Wildman–Crippen LogP) is -0.592. The topological polar surface area (TPSA) is 3.24 Å². The number of nitrogens with zero attached hydrogens (tertiary/aromatic N) is 1. The molecule has 1 aliphatic rings. The Morgan fingerprint density at radius 2 is 1.82 bits per heavy atom. The van der Waals surface area contributed by atoms with Crippen LogP contribution in [0.1, 0.15) is 20.8 Å². The first-order chi connectivity index (χ1) is 4.80. The van der Waals surface area contributed by atoms with Crippen molar-refractivity contribution in [3.05, 3.63) is 0 Å². The van der Waals surface area contributed by atoms with Crippen LogP contribution >= 0.6 is 0 Å². The highest BCUT2D eigenvalue weighted by Gasteiger charge is 2.49. The lowest BCUT2D eigenvalue weighted by Crippen LogP contribution is -2.42. The zero-order valence-electron chi connectivity index (χ0n) is 8.73. The Labute approximate surface area is 76.4 Å². The Morgan fingerprint density at radius 3 is 1.91 bits per heavy atom. The molecule has 1 rings (SSSR count). The number of hydrogen-bond acceptors (Lipinski definition) is 1. The Balaban J connectivity index is 2.95. The molecule has 0 aromatic carbocycles. The monoisotopic (exact) mass is 187 g/mol. The second-order valence-corrected chi connectivity index (χ2v) is 8.53. The summed E-state index contributed by atoms with van der Waals surface area (Å²) >= 11 is 0. The lowest BCUT2D eigenvalue weighted by Gasteiger charge is -2.40. The van der Waals surface area contributed by atoms with Crippen molar-refractivity contribution in [2.24, 2.45) is 0 Å². The van der Waals surface area contributed by atoms with Gasteiger partial charge in [-0.15, -0.1) is 0 Å². The van der Waals surface area contributed by atoms with Gasteiger partial charge < -0.3 is 4.90 Å². The van der Waals surface area contributed by atoms with Crippen LogP contribution in [-0.4, -0.2) is 44.5 Å². The maximum atomic E-state index is 2.54. The third-order valence-corrected chi connectivity index (χ3v) is 9.48. The average molecular weight is 187 g/mol. The van der Waals surface area contributed by atoms with Gasteiger partial charge in [-0.25, -0.2) is 0 Å². The highest BCUT2D eigenvalue weighted by Crippen LogP contribution is 2.53. The van der Waals surface area contributed by atoms with E-state index >= 15 is 0 Å². The molecule has 3 heteroatoms. The molecular formula is C8H21NSi2. The molecule has 1 aliphatic heterocycles.